The van der Waals surface area contributed by atoms with Gasteiger partial charge >= 0.3 is 0 Å². The first kappa shape index (κ1) is 15.0. The minimum Gasteiger partial charge on any atom is -0.299 e. The van der Waals surface area contributed by atoms with Gasteiger partial charge in [-0.05, 0) is 35.4 Å². The number of hydrogen-bond acceptors (Lipinski definition) is 3. The zero-order valence-electron chi connectivity index (χ0n) is 13.2. The van der Waals surface area contributed by atoms with E-state index in [9.17, 15) is 14.4 Å². The number of carbonyl (C=O) groups is 3. The third kappa shape index (κ3) is 1.90. The van der Waals surface area contributed by atoms with E-state index in [1.165, 1.54) is 4.90 Å². The minimum atomic E-state index is -0.558. The number of carbonyl (C=O) groups excluding carboxylic acids is 3. The molecule has 0 N–H and O–H groups in total. The molecule has 2 fully saturated rings. The van der Waals surface area contributed by atoms with Crippen LogP contribution in [0.25, 0.3) is 0 Å². The second-order valence-corrected chi connectivity index (χ2v) is 7.84. The summed E-state index contributed by atoms with van der Waals surface area (Å²) in [6, 6.07) is 14.9. The Kier molecular flexibility index (Phi) is 3.07. The molecule has 1 aliphatic heterocycles. The van der Waals surface area contributed by atoms with Gasteiger partial charge in [0.2, 0.25) is 11.8 Å². The second kappa shape index (κ2) is 5.11. The molecule has 2 amide bonds. The molecule has 124 valence electrons. The lowest BCUT2D eigenvalue weighted by atomic mass is 9.56. The van der Waals surface area contributed by atoms with E-state index in [2.05, 4.69) is 15.9 Å². The molecule has 0 spiro atoms. The van der Waals surface area contributed by atoms with E-state index in [0.29, 0.717) is 12.1 Å². The van der Waals surface area contributed by atoms with Crippen LogP contribution in [0.4, 0.5) is 5.69 Å². The van der Waals surface area contributed by atoms with Gasteiger partial charge in [-0.3, -0.25) is 19.3 Å². The molecule has 2 aromatic rings. The first-order valence-electron chi connectivity index (χ1n) is 8.33. The van der Waals surface area contributed by atoms with Gasteiger partial charge in [0.15, 0.2) is 0 Å². The number of amides is 2. The minimum absolute atomic E-state index is 0.0868. The van der Waals surface area contributed by atoms with Crippen molar-refractivity contribution in [2.75, 3.05) is 4.90 Å². The van der Waals surface area contributed by atoms with Gasteiger partial charge in [0.25, 0.3) is 0 Å². The standard InChI is InChI=1S/C20H14BrNO3/c21-10-5-7-11(8-6-10)22-19(24)17-14-9-15(23)16(18(17)20(22)25)13-4-2-1-3-12(13)14/h1-8,14,16-18H,9H2/t14-,16+,17-,18+/m0/s1. The lowest BCUT2D eigenvalue weighted by Crippen LogP contribution is -2.44. The summed E-state index contributed by atoms with van der Waals surface area (Å²) in [5.41, 5.74) is 2.57. The number of fused-ring (bicyclic) bond motifs is 1. The number of halogens is 1. The van der Waals surface area contributed by atoms with Crippen LogP contribution in [0.15, 0.2) is 53.0 Å². The molecule has 5 heteroatoms. The summed E-state index contributed by atoms with van der Waals surface area (Å²) >= 11 is 3.37. The van der Waals surface area contributed by atoms with Gasteiger partial charge in [0, 0.05) is 16.8 Å². The van der Waals surface area contributed by atoms with Crippen molar-refractivity contribution in [2.24, 2.45) is 11.8 Å². The molecule has 1 saturated heterocycles. The topological polar surface area (TPSA) is 54.5 Å². The van der Waals surface area contributed by atoms with E-state index in [1.807, 2.05) is 36.4 Å². The molecule has 0 unspecified atom stereocenters. The smallest absolute Gasteiger partial charge is 0.238 e. The van der Waals surface area contributed by atoms with Gasteiger partial charge in [0.05, 0.1) is 23.4 Å². The predicted molar refractivity (Wildman–Crippen MR) is 95.2 cm³/mol. The maximum atomic E-state index is 13.1. The molecule has 1 heterocycles. The molecule has 25 heavy (non-hydrogen) atoms. The highest BCUT2D eigenvalue weighted by Crippen LogP contribution is 2.57. The Balaban J connectivity index is 1.65. The van der Waals surface area contributed by atoms with Crippen molar-refractivity contribution < 1.29 is 14.4 Å². The highest BCUT2D eigenvalue weighted by Gasteiger charge is 2.62. The highest BCUT2D eigenvalue weighted by atomic mass is 79.9. The van der Waals surface area contributed by atoms with E-state index >= 15 is 0 Å². The third-order valence-corrected chi connectivity index (χ3v) is 6.30. The van der Waals surface area contributed by atoms with Crippen LogP contribution in [0, 0.1) is 11.8 Å². The fraction of sp³-hybridized carbons (Fsp3) is 0.250. The van der Waals surface area contributed by atoms with E-state index < -0.39 is 17.8 Å². The van der Waals surface area contributed by atoms with Crippen LogP contribution in [-0.2, 0) is 14.4 Å². The van der Waals surface area contributed by atoms with Crippen molar-refractivity contribution in [3.63, 3.8) is 0 Å². The van der Waals surface area contributed by atoms with Crippen molar-refractivity contribution >= 4 is 39.2 Å². The van der Waals surface area contributed by atoms with E-state index in [1.54, 1.807) is 12.1 Å². The van der Waals surface area contributed by atoms with Gasteiger partial charge in [-0.15, -0.1) is 0 Å². The van der Waals surface area contributed by atoms with Crippen LogP contribution in [-0.4, -0.2) is 17.6 Å². The van der Waals surface area contributed by atoms with Gasteiger partial charge in [0.1, 0.15) is 5.78 Å². The Morgan fingerprint density at radius 2 is 1.48 bits per heavy atom. The summed E-state index contributed by atoms with van der Waals surface area (Å²) in [7, 11) is 0. The monoisotopic (exact) mass is 395 g/mol. The third-order valence-electron chi connectivity index (χ3n) is 5.77. The first-order chi connectivity index (χ1) is 12.1. The van der Waals surface area contributed by atoms with Crippen molar-refractivity contribution in [1.29, 1.82) is 0 Å². The zero-order valence-corrected chi connectivity index (χ0v) is 14.8. The number of Topliss-reactive ketones (excluding diaryl/α,β-unsaturated/α-hetero) is 1. The maximum Gasteiger partial charge on any atom is 0.238 e. The molecule has 4 atom stereocenters. The van der Waals surface area contributed by atoms with Gasteiger partial charge in [-0.2, -0.15) is 0 Å². The van der Waals surface area contributed by atoms with Crippen LogP contribution >= 0.6 is 15.9 Å². The van der Waals surface area contributed by atoms with Crippen LogP contribution in [0.2, 0.25) is 0 Å². The number of nitrogens with zero attached hydrogens (tertiary/aromatic N) is 1. The fourth-order valence-corrected chi connectivity index (χ4v) is 5.07. The van der Waals surface area contributed by atoms with Gasteiger partial charge in [-0.1, -0.05) is 40.2 Å². The van der Waals surface area contributed by atoms with Gasteiger partial charge in [-0.25, -0.2) is 0 Å². The number of imide groups is 1. The van der Waals surface area contributed by atoms with Crippen molar-refractivity contribution in [1.82, 2.24) is 0 Å². The predicted octanol–water partition coefficient (Wildman–Crippen LogP) is 3.41. The van der Waals surface area contributed by atoms with Crippen LogP contribution in [0.5, 0.6) is 0 Å². The Morgan fingerprint density at radius 1 is 0.840 bits per heavy atom. The molecule has 4 aliphatic rings. The molecular weight excluding hydrogens is 382 g/mol. The maximum absolute atomic E-state index is 13.1. The summed E-state index contributed by atoms with van der Waals surface area (Å²) in [5, 5.41) is 0. The molecule has 6 rings (SSSR count). The number of hydrogen-bond donors (Lipinski definition) is 0. The first-order valence-corrected chi connectivity index (χ1v) is 9.12. The quantitative estimate of drug-likeness (QED) is 0.695. The number of anilines is 1. The molecule has 0 aromatic heterocycles. The average Bonchev–Trinajstić information content (AvgIpc) is 2.88. The highest BCUT2D eigenvalue weighted by molar-refractivity contribution is 9.10. The van der Waals surface area contributed by atoms with Crippen molar-refractivity contribution in [3.8, 4) is 0 Å². The Morgan fingerprint density at radius 3 is 2.20 bits per heavy atom. The number of ketones is 1. The Bertz CT molecular complexity index is 936. The van der Waals surface area contributed by atoms with E-state index in [0.717, 1.165) is 15.6 Å². The normalized spacial score (nSPS) is 29.8. The van der Waals surface area contributed by atoms with Crippen LogP contribution in [0.3, 0.4) is 0 Å². The SMILES string of the molecule is O=C1C[C@H]2c3ccccc3[C@H]1[C@H]1C(=O)N(c3ccc(Br)cc3)C(=O)[C@H]12. The summed E-state index contributed by atoms with van der Waals surface area (Å²) < 4.78 is 0.885. The molecule has 2 aromatic carbocycles. The summed E-state index contributed by atoms with van der Waals surface area (Å²) in [6.45, 7) is 0. The molecular formula is C20H14BrNO3. The molecule has 2 bridgehead atoms. The summed E-state index contributed by atoms with van der Waals surface area (Å²) in [5.74, 6) is -1.97. The lowest BCUT2D eigenvalue weighted by molar-refractivity contribution is -0.134. The largest absolute Gasteiger partial charge is 0.299 e. The Labute approximate surface area is 153 Å². The van der Waals surface area contributed by atoms with E-state index in [-0.39, 0.29) is 23.5 Å². The van der Waals surface area contributed by atoms with Crippen LogP contribution < -0.4 is 4.90 Å². The molecule has 1 saturated carbocycles. The molecule has 4 nitrogen and oxygen atoms in total. The number of rotatable bonds is 1. The molecule has 0 radical (unpaired) electrons. The summed E-state index contributed by atoms with van der Waals surface area (Å²) in [6.07, 6.45) is 0.357. The van der Waals surface area contributed by atoms with Crippen LogP contribution in [0.1, 0.15) is 29.4 Å². The zero-order chi connectivity index (χ0) is 17.3. The van der Waals surface area contributed by atoms with Gasteiger partial charge < -0.3 is 0 Å². The van der Waals surface area contributed by atoms with E-state index in [4.69, 9.17) is 0 Å². The summed E-state index contributed by atoms with van der Waals surface area (Å²) in [4.78, 5) is 40.1. The number of benzene rings is 2. The van der Waals surface area contributed by atoms with Crippen molar-refractivity contribution in [2.45, 2.75) is 18.3 Å². The average molecular weight is 396 g/mol. The Hall–Kier alpha value is -2.27. The second-order valence-electron chi connectivity index (χ2n) is 6.92. The lowest BCUT2D eigenvalue weighted by Gasteiger charge is -2.43. The van der Waals surface area contributed by atoms with Crippen molar-refractivity contribution in [3.05, 3.63) is 64.1 Å². The molecule has 3 aliphatic carbocycles. The fourth-order valence-electron chi connectivity index (χ4n) is 4.80.